The Morgan fingerprint density at radius 3 is 3.00 bits per heavy atom. The molecule has 1 aliphatic heterocycles. The zero-order valence-corrected chi connectivity index (χ0v) is 8.78. The predicted molar refractivity (Wildman–Crippen MR) is 54.4 cm³/mol. The highest BCUT2D eigenvalue weighted by Gasteiger charge is 2.36. The fourth-order valence-corrected chi connectivity index (χ4v) is 1.73. The number of ether oxygens (including phenoxy) is 1. The van der Waals surface area contributed by atoms with Crippen LogP contribution in [0.4, 0.5) is 10.2 Å². The Morgan fingerprint density at radius 2 is 2.47 bits per heavy atom. The third kappa shape index (κ3) is 2.28. The molecule has 0 spiro atoms. The zero-order valence-electron chi connectivity index (χ0n) is 8.78. The highest BCUT2D eigenvalue weighted by Crippen LogP contribution is 2.29. The van der Waals surface area contributed by atoms with Gasteiger partial charge in [0.1, 0.15) is 6.17 Å². The van der Waals surface area contributed by atoms with Gasteiger partial charge in [-0.1, -0.05) is 0 Å². The Balaban J connectivity index is 2.26. The number of nitrogens with zero attached hydrogens (tertiary/aromatic N) is 2. The van der Waals surface area contributed by atoms with Gasteiger partial charge in [-0.05, 0) is 6.07 Å². The molecule has 17 heavy (non-hydrogen) atoms. The first-order chi connectivity index (χ1) is 8.15. The van der Waals surface area contributed by atoms with E-state index < -0.39 is 24.2 Å². The van der Waals surface area contributed by atoms with Crippen molar-refractivity contribution >= 4 is 5.82 Å². The molecule has 0 amide bonds. The zero-order chi connectivity index (χ0) is 12.4. The normalized spacial score (nSPS) is 28.3. The van der Waals surface area contributed by atoms with Crippen molar-refractivity contribution in [2.45, 2.75) is 24.9 Å². The first-order valence-electron chi connectivity index (χ1n) is 5.05. The van der Waals surface area contributed by atoms with Gasteiger partial charge in [0.15, 0.2) is 12.0 Å². The monoisotopic (exact) mass is 245 g/mol. The molecule has 1 aliphatic rings. The summed E-state index contributed by atoms with van der Waals surface area (Å²) in [6.45, 7) is -0.296. The Bertz CT molecular complexity index is 452. The second-order valence-electron chi connectivity index (χ2n) is 3.70. The number of anilines is 1. The van der Waals surface area contributed by atoms with Crippen molar-refractivity contribution in [3.63, 3.8) is 0 Å². The van der Waals surface area contributed by atoms with Gasteiger partial charge in [0.05, 0.1) is 12.7 Å². The molecule has 1 aromatic rings. The highest BCUT2D eigenvalue weighted by atomic mass is 19.1. The van der Waals surface area contributed by atoms with E-state index in [4.69, 9.17) is 15.1 Å². The van der Waals surface area contributed by atoms with Gasteiger partial charge in [-0.15, -0.1) is 0 Å². The van der Waals surface area contributed by atoms with Crippen LogP contribution >= 0.6 is 0 Å². The summed E-state index contributed by atoms with van der Waals surface area (Å²) in [5.74, 6) is -0.0293. The van der Waals surface area contributed by atoms with Gasteiger partial charge in [0.25, 0.3) is 0 Å². The summed E-state index contributed by atoms with van der Waals surface area (Å²) >= 11 is 0. The molecule has 2 heterocycles. The lowest BCUT2D eigenvalue weighted by Crippen LogP contribution is -2.30. The van der Waals surface area contributed by atoms with Crippen LogP contribution in [0.5, 0.6) is 0 Å². The smallest absolute Gasteiger partial charge is 0.351 e. The first-order valence-corrected chi connectivity index (χ1v) is 5.05. The van der Waals surface area contributed by atoms with Gasteiger partial charge < -0.3 is 9.84 Å². The summed E-state index contributed by atoms with van der Waals surface area (Å²) in [5, 5.41) is 17.4. The van der Waals surface area contributed by atoms with Crippen LogP contribution in [0.3, 0.4) is 0 Å². The van der Waals surface area contributed by atoms with Crippen molar-refractivity contribution in [3.8, 4) is 0 Å². The molecule has 0 bridgehead atoms. The summed E-state index contributed by atoms with van der Waals surface area (Å²) in [4.78, 5) is 15.0. The summed E-state index contributed by atoms with van der Waals surface area (Å²) in [6.07, 6.45) is -1.77. The number of aromatic nitrogens is 2. The molecule has 8 heteroatoms. The van der Waals surface area contributed by atoms with Crippen LogP contribution in [0.15, 0.2) is 17.1 Å². The van der Waals surface area contributed by atoms with Crippen molar-refractivity contribution in [2.24, 2.45) is 0 Å². The molecule has 0 aliphatic carbocycles. The van der Waals surface area contributed by atoms with Crippen molar-refractivity contribution in [1.82, 2.24) is 9.55 Å². The largest absolute Gasteiger partial charge is 0.394 e. The van der Waals surface area contributed by atoms with Crippen LogP contribution in [-0.2, 0) is 4.74 Å². The van der Waals surface area contributed by atoms with Crippen LogP contribution in [-0.4, -0.2) is 38.7 Å². The maximum absolute atomic E-state index is 13.6. The fraction of sp³-hybridized carbons (Fsp3) is 0.556. The van der Waals surface area contributed by atoms with Crippen molar-refractivity contribution in [2.75, 3.05) is 12.1 Å². The average molecular weight is 245 g/mol. The van der Waals surface area contributed by atoms with E-state index in [-0.39, 0.29) is 18.8 Å². The topological polar surface area (TPSA) is 96.6 Å². The molecule has 3 atom stereocenters. The van der Waals surface area contributed by atoms with Crippen LogP contribution in [0.25, 0.3) is 0 Å². The molecule has 0 unspecified atom stereocenters. The minimum absolute atomic E-state index is 0.0293. The summed E-state index contributed by atoms with van der Waals surface area (Å²) in [7, 11) is 0. The molecule has 1 aromatic heterocycles. The second-order valence-corrected chi connectivity index (χ2v) is 3.70. The molecule has 7 nitrogen and oxygen atoms in total. The van der Waals surface area contributed by atoms with E-state index in [0.29, 0.717) is 0 Å². The summed E-state index contributed by atoms with van der Waals surface area (Å²) in [6, 6.07) is 1.31. The van der Waals surface area contributed by atoms with Crippen LogP contribution < -0.4 is 11.2 Å². The van der Waals surface area contributed by atoms with Crippen LogP contribution in [0.2, 0.25) is 0 Å². The standard InChI is InChI=1S/C9H12FN3O4/c10-6-3-5(4-14)17-8(6)13-2-1-7(12-16)11-9(13)15/h1-2,5-6,8,14,16H,3-4H2,(H,11,12,15)/t5-,6-,8+/m0/s1. The number of nitrogens with one attached hydrogen (secondary N) is 1. The second kappa shape index (κ2) is 4.78. The third-order valence-corrected chi connectivity index (χ3v) is 2.55. The van der Waals surface area contributed by atoms with E-state index >= 15 is 0 Å². The number of hydrogen-bond acceptors (Lipinski definition) is 6. The van der Waals surface area contributed by atoms with E-state index in [0.717, 1.165) is 4.57 Å². The molecule has 0 radical (unpaired) electrons. The van der Waals surface area contributed by atoms with Gasteiger partial charge >= 0.3 is 5.69 Å². The number of aliphatic hydroxyl groups is 1. The van der Waals surface area contributed by atoms with Crippen molar-refractivity contribution in [3.05, 3.63) is 22.7 Å². The van der Waals surface area contributed by atoms with E-state index in [1.807, 2.05) is 0 Å². The minimum atomic E-state index is -1.38. The van der Waals surface area contributed by atoms with Crippen LogP contribution in [0.1, 0.15) is 12.6 Å². The quantitative estimate of drug-likeness (QED) is 0.630. The molecular weight excluding hydrogens is 233 g/mol. The predicted octanol–water partition coefficient (Wildman–Crippen LogP) is -0.338. The molecule has 3 N–H and O–H groups in total. The lowest BCUT2D eigenvalue weighted by Gasteiger charge is -2.15. The molecule has 2 rings (SSSR count). The van der Waals surface area contributed by atoms with Gasteiger partial charge in [0, 0.05) is 12.6 Å². The number of halogens is 1. The van der Waals surface area contributed by atoms with E-state index in [2.05, 4.69) is 4.98 Å². The number of hydrogen-bond donors (Lipinski definition) is 3. The molecule has 0 aromatic carbocycles. The maximum atomic E-state index is 13.6. The average Bonchev–Trinajstić information content (AvgIpc) is 2.70. The Hall–Kier alpha value is -1.51. The third-order valence-electron chi connectivity index (χ3n) is 2.55. The summed E-state index contributed by atoms with van der Waals surface area (Å²) < 4.78 is 19.8. The van der Waals surface area contributed by atoms with E-state index in [1.165, 1.54) is 12.3 Å². The van der Waals surface area contributed by atoms with E-state index in [1.54, 1.807) is 5.48 Å². The molecule has 1 fully saturated rings. The molecule has 0 saturated carbocycles. The Labute approximate surface area is 95.4 Å². The molecule has 1 saturated heterocycles. The van der Waals surface area contributed by atoms with Gasteiger partial charge in [0.2, 0.25) is 0 Å². The van der Waals surface area contributed by atoms with Gasteiger partial charge in [-0.3, -0.25) is 15.3 Å². The van der Waals surface area contributed by atoms with Gasteiger partial charge in [-0.2, -0.15) is 4.98 Å². The maximum Gasteiger partial charge on any atom is 0.351 e. The Kier molecular flexibility index (Phi) is 3.36. The summed E-state index contributed by atoms with van der Waals surface area (Å²) in [5.41, 5.74) is 0.977. The minimum Gasteiger partial charge on any atom is -0.394 e. The van der Waals surface area contributed by atoms with Crippen molar-refractivity contribution in [1.29, 1.82) is 0 Å². The number of aliphatic hydroxyl groups excluding tert-OH is 1. The molecular formula is C9H12FN3O4. The lowest BCUT2D eigenvalue weighted by atomic mass is 10.2. The van der Waals surface area contributed by atoms with Crippen LogP contribution in [0, 0.1) is 0 Å². The lowest BCUT2D eigenvalue weighted by molar-refractivity contribution is -0.0393. The number of alkyl halides is 1. The van der Waals surface area contributed by atoms with Gasteiger partial charge in [-0.25, -0.2) is 9.18 Å². The number of rotatable bonds is 3. The SMILES string of the molecule is O=c1nc(NO)ccn1[C@@H]1O[C@H](CO)C[C@@H]1F. The first kappa shape index (κ1) is 12.0. The van der Waals surface area contributed by atoms with Crippen molar-refractivity contribution < 1.29 is 19.4 Å². The van der Waals surface area contributed by atoms with E-state index in [9.17, 15) is 9.18 Å². The Morgan fingerprint density at radius 1 is 1.71 bits per heavy atom. The fourth-order valence-electron chi connectivity index (χ4n) is 1.73. The molecule has 94 valence electrons. The highest BCUT2D eigenvalue weighted by molar-refractivity contribution is 5.28.